The molecular formula is C12H13FN2S. The molecule has 0 radical (unpaired) electrons. The zero-order valence-corrected chi connectivity index (χ0v) is 9.85. The Labute approximate surface area is 98.1 Å². The lowest BCUT2D eigenvalue weighted by Gasteiger charge is -2.34. The van der Waals surface area contributed by atoms with E-state index in [1.54, 1.807) is 12.1 Å². The highest BCUT2D eigenvalue weighted by Crippen LogP contribution is 2.39. The summed E-state index contributed by atoms with van der Waals surface area (Å²) in [6.07, 6.45) is 2.27. The van der Waals surface area contributed by atoms with Gasteiger partial charge in [-0.1, -0.05) is 6.92 Å². The Morgan fingerprint density at radius 1 is 1.44 bits per heavy atom. The second kappa shape index (κ2) is 3.42. The van der Waals surface area contributed by atoms with E-state index in [9.17, 15) is 4.39 Å². The molecule has 1 aromatic heterocycles. The van der Waals surface area contributed by atoms with Gasteiger partial charge in [-0.2, -0.15) is 0 Å². The van der Waals surface area contributed by atoms with Crippen molar-refractivity contribution < 1.29 is 4.39 Å². The summed E-state index contributed by atoms with van der Waals surface area (Å²) in [5.74, 6) is 0.549. The smallest absolute Gasteiger partial charge is 0.178 e. The number of aromatic amines is 1. The molecule has 3 rings (SSSR count). The van der Waals surface area contributed by atoms with Crippen molar-refractivity contribution in [3.63, 3.8) is 0 Å². The summed E-state index contributed by atoms with van der Waals surface area (Å²) < 4.78 is 16.0. The van der Waals surface area contributed by atoms with E-state index in [-0.39, 0.29) is 5.82 Å². The largest absolute Gasteiger partial charge is 0.331 e. The van der Waals surface area contributed by atoms with E-state index < -0.39 is 0 Å². The molecule has 0 amide bonds. The number of fused-ring (bicyclic) bond motifs is 1. The number of H-pyrrole nitrogens is 1. The van der Waals surface area contributed by atoms with Crippen molar-refractivity contribution in [1.82, 2.24) is 9.55 Å². The highest BCUT2D eigenvalue weighted by molar-refractivity contribution is 7.71. The molecule has 0 spiro atoms. The summed E-state index contributed by atoms with van der Waals surface area (Å²) in [5.41, 5.74) is 1.81. The molecular weight excluding hydrogens is 223 g/mol. The van der Waals surface area contributed by atoms with Gasteiger partial charge in [-0.05, 0) is 49.2 Å². The van der Waals surface area contributed by atoms with E-state index in [0.29, 0.717) is 10.8 Å². The lowest BCUT2D eigenvalue weighted by Crippen LogP contribution is -2.24. The van der Waals surface area contributed by atoms with Crippen LogP contribution in [0.1, 0.15) is 25.8 Å². The molecule has 1 aliphatic carbocycles. The van der Waals surface area contributed by atoms with Crippen LogP contribution in [-0.4, -0.2) is 9.55 Å². The average molecular weight is 236 g/mol. The zero-order valence-electron chi connectivity index (χ0n) is 9.03. The fourth-order valence-electron chi connectivity index (χ4n) is 2.53. The van der Waals surface area contributed by atoms with Crippen molar-refractivity contribution >= 4 is 23.3 Å². The molecule has 1 aromatic carbocycles. The van der Waals surface area contributed by atoms with Crippen LogP contribution in [0.5, 0.6) is 0 Å². The highest BCUT2D eigenvalue weighted by Gasteiger charge is 2.28. The van der Waals surface area contributed by atoms with E-state index in [4.69, 9.17) is 12.2 Å². The van der Waals surface area contributed by atoms with E-state index in [1.165, 1.54) is 6.07 Å². The second-order valence-electron chi connectivity index (χ2n) is 4.69. The fourth-order valence-corrected chi connectivity index (χ4v) is 2.89. The summed E-state index contributed by atoms with van der Waals surface area (Å²) in [4.78, 5) is 3.13. The van der Waals surface area contributed by atoms with Crippen LogP contribution in [-0.2, 0) is 0 Å². The molecule has 2 aromatic rings. The van der Waals surface area contributed by atoms with Crippen LogP contribution in [0.4, 0.5) is 4.39 Å². The highest BCUT2D eigenvalue weighted by atomic mass is 32.1. The Kier molecular flexibility index (Phi) is 2.14. The SMILES string of the molecule is CC1CC(n2c(=S)[nH]c3ccc(F)cc32)C1. The summed E-state index contributed by atoms with van der Waals surface area (Å²) in [5, 5.41) is 0. The lowest BCUT2D eigenvalue weighted by molar-refractivity contribution is 0.219. The van der Waals surface area contributed by atoms with E-state index >= 15 is 0 Å². The number of halogens is 1. The van der Waals surface area contributed by atoms with Gasteiger partial charge < -0.3 is 9.55 Å². The maximum atomic E-state index is 13.2. The Morgan fingerprint density at radius 2 is 2.19 bits per heavy atom. The first-order valence-corrected chi connectivity index (χ1v) is 5.96. The Bertz CT molecular complexity index is 593. The van der Waals surface area contributed by atoms with Crippen molar-refractivity contribution in [3.8, 4) is 0 Å². The fraction of sp³-hybridized carbons (Fsp3) is 0.417. The summed E-state index contributed by atoms with van der Waals surface area (Å²) in [6.45, 7) is 2.23. The van der Waals surface area contributed by atoms with Crippen molar-refractivity contribution in [2.45, 2.75) is 25.8 Å². The van der Waals surface area contributed by atoms with Crippen LogP contribution in [0.15, 0.2) is 18.2 Å². The molecule has 1 heterocycles. The maximum Gasteiger partial charge on any atom is 0.178 e. The zero-order chi connectivity index (χ0) is 11.3. The van der Waals surface area contributed by atoms with Gasteiger partial charge in [-0.15, -0.1) is 0 Å². The minimum Gasteiger partial charge on any atom is -0.331 e. The minimum absolute atomic E-state index is 0.206. The number of nitrogens with zero attached hydrogens (tertiary/aromatic N) is 1. The van der Waals surface area contributed by atoms with Crippen molar-refractivity contribution in [3.05, 3.63) is 28.8 Å². The molecule has 0 aliphatic heterocycles. The predicted molar refractivity (Wildman–Crippen MR) is 64.5 cm³/mol. The first kappa shape index (κ1) is 10.0. The molecule has 1 N–H and O–H groups in total. The van der Waals surface area contributed by atoms with E-state index in [0.717, 1.165) is 29.8 Å². The molecule has 4 heteroatoms. The topological polar surface area (TPSA) is 20.7 Å². The number of rotatable bonds is 1. The van der Waals surface area contributed by atoms with Crippen LogP contribution in [0.3, 0.4) is 0 Å². The third-order valence-corrected chi connectivity index (χ3v) is 3.69. The summed E-state index contributed by atoms with van der Waals surface area (Å²) in [6, 6.07) is 5.21. The molecule has 1 saturated carbocycles. The van der Waals surface area contributed by atoms with Gasteiger partial charge in [0.2, 0.25) is 0 Å². The first-order valence-electron chi connectivity index (χ1n) is 5.55. The molecule has 0 bridgehead atoms. The van der Waals surface area contributed by atoms with Crippen LogP contribution >= 0.6 is 12.2 Å². The molecule has 0 unspecified atom stereocenters. The quantitative estimate of drug-likeness (QED) is 0.747. The molecule has 1 aliphatic rings. The normalized spacial score (nSPS) is 24.6. The standard InChI is InChI=1S/C12H13FN2S/c1-7-4-9(5-7)15-11-6-8(13)2-3-10(11)14-12(15)16/h2-3,6-7,9H,4-5H2,1H3,(H,14,16). The number of hydrogen-bond donors (Lipinski definition) is 1. The van der Waals surface area contributed by atoms with Gasteiger partial charge in [0.15, 0.2) is 4.77 Å². The van der Waals surface area contributed by atoms with Gasteiger partial charge in [-0.25, -0.2) is 4.39 Å². The van der Waals surface area contributed by atoms with Gasteiger partial charge in [-0.3, -0.25) is 0 Å². The third kappa shape index (κ3) is 1.40. The van der Waals surface area contributed by atoms with Gasteiger partial charge in [0.05, 0.1) is 11.0 Å². The van der Waals surface area contributed by atoms with E-state index in [1.807, 2.05) is 0 Å². The maximum absolute atomic E-state index is 13.2. The van der Waals surface area contributed by atoms with Crippen molar-refractivity contribution in [2.24, 2.45) is 5.92 Å². The van der Waals surface area contributed by atoms with Gasteiger partial charge >= 0.3 is 0 Å². The molecule has 16 heavy (non-hydrogen) atoms. The molecule has 0 atom stereocenters. The monoisotopic (exact) mass is 236 g/mol. The van der Waals surface area contributed by atoms with Gasteiger partial charge in [0.25, 0.3) is 0 Å². The lowest BCUT2D eigenvalue weighted by atomic mass is 9.81. The van der Waals surface area contributed by atoms with Crippen LogP contribution < -0.4 is 0 Å². The summed E-state index contributed by atoms with van der Waals surface area (Å²) >= 11 is 5.30. The third-order valence-electron chi connectivity index (χ3n) is 3.39. The Hall–Kier alpha value is -1.16. The van der Waals surface area contributed by atoms with E-state index in [2.05, 4.69) is 16.5 Å². The first-order chi connectivity index (χ1) is 7.65. The molecule has 1 fully saturated rings. The minimum atomic E-state index is -0.206. The van der Waals surface area contributed by atoms with Crippen molar-refractivity contribution in [1.29, 1.82) is 0 Å². The van der Waals surface area contributed by atoms with Crippen LogP contribution in [0, 0.1) is 16.5 Å². The second-order valence-corrected chi connectivity index (χ2v) is 5.08. The van der Waals surface area contributed by atoms with Gasteiger partial charge in [0.1, 0.15) is 5.82 Å². The number of aromatic nitrogens is 2. The number of nitrogens with one attached hydrogen (secondary N) is 1. The predicted octanol–water partition coefficient (Wildman–Crippen LogP) is 3.81. The Morgan fingerprint density at radius 3 is 2.88 bits per heavy atom. The summed E-state index contributed by atoms with van der Waals surface area (Å²) in [7, 11) is 0. The molecule has 2 nitrogen and oxygen atoms in total. The number of hydrogen-bond acceptors (Lipinski definition) is 1. The molecule has 0 saturated heterocycles. The number of benzene rings is 1. The molecule has 84 valence electrons. The average Bonchev–Trinajstić information content (AvgIpc) is 2.49. The number of imidazole rings is 1. The van der Waals surface area contributed by atoms with Crippen LogP contribution in [0.25, 0.3) is 11.0 Å². The van der Waals surface area contributed by atoms with Gasteiger partial charge in [0, 0.05) is 6.04 Å². The Balaban J connectivity index is 2.18. The van der Waals surface area contributed by atoms with Crippen molar-refractivity contribution in [2.75, 3.05) is 0 Å². The van der Waals surface area contributed by atoms with Crippen LogP contribution in [0.2, 0.25) is 0 Å².